The minimum absolute atomic E-state index is 0.0992. The quantitative estimate of drug-likeness (QED) is 0.0901. The van der Waals surface area contributed by atoms with Crippen LogP contribution in [0, 0.1) is 0 Å². The van der Waals surface area contributed by atoms with Gasteiger partial charge >= 0.3 is 11.9 Å². The first-order valence-electron chi connectivity index (χ1n) is 27.4. The summed E-state index contributed by atoms with van der Waals surface area (Å²) in [5, 5.41) is 15.2. The number of hydrogen-bond donors (Lipinski definition) is 1. The number of hydrogen-bond acceptors (Lipinski definition) is 15. The smallest absolute Gasteiger partial charge is 0.357 e. The third kappa shape index (κ3) is 13.5. The van der Waals surface area contributed by atoms with Gasteiger partial charge in [0, 0.05) is 64.5 Å². The zero-order valence-corrected chi connectivity index (χ0v) is 46.7. The number of carbonyl (C=O) groups is 4. The van der Waals surface area contributed by atoms with E-state index in [1.54, 1.807) is 13.8 Å². The summed E-state index contributed by atoms with van der Waals surface area (Å²) < 4.78 is 25.8. The number of pyridine rings is 2. The molecule has 0 aliphatic carbocycles. The fraction of sp³-hybridized carbons (Fsp3) is 0.517. The molecular formula is C58H75ClN10O8. The zero-order chi connectivity index (χ0) is 54.8. The van der Waals surface area contributed by atoms with Crippen LogP contribution < -0.4 is 15.1 Å². The van der Waals surface area contributed by atoms with E-state index >= 15 is 0 Å². The van der Waals surface area contributed by atoms with Crippen LogP contribution in [0.1, 0.15) is 137 Å². The van der Waals surface area contributed by atoms with Crippen molar-refractivity contribution >= 4 is 68.1 Å². The summed E-state index contributed by atoms with van der Waals surface area (Å²) in [4.78, 5) is 63.0. The lowest BCUT2D eigenvalue weighted by molar-refractivity contribution is -0.130. The van der Waals surface area contributed by atoms with Crippen LogP contribution in [0.25, 0.3) is 44.3 Å². The Kier molecular flexibility index (Phi) is 19.3. The van der Waals surface area contributed by atoms with Crippen LogP contribution in [-0.4, -0.2) is 150 Å². The number of ether oxygens (including phenoxy) is 4. The summed E-state index contributed by atoms with van der Waals surface area (Å²) >= 11 is 4.64. The molecule has 4 aromatic heterocycles. The summed E-state index contributed by atoms with van der Waals surface area (Å²) in [7, 11) is 0. The Balaban J connectivity index is 0.000000191. The second kappa shape index (κ2) is 26.3. The number of carbonyl (C=O) groups excluding carboxylic acids is 4. The number of piperidine rings is 2. The third-order valence-electron chi connectivity index (χ3n) is 14.5. The number of amides is 1. The number of fused-ring (bicyclic) bond motifs is 2. The van der Waals surface area contributed by atoms with Gasteiger partial charge in [-0.25, -0.2) is 28.9 Å². The van der Waals surface area contributed by atoms with Crippen molar-refractivity contribution in [2.45, 2.75) is 105 Å². The van der Waals surface area contributed by atoms with Crippen LogP contribution in [0.4, 0.5) is 11.4 Å². The molecule has 0 bridgehead atoms. The summed E-state index contributed by atoms with van der Waals surface area (Å²) in [5.74, 6) is -0.350. The molecule has 4 aliphatic heterocycles. The van der Waals surface area contributed by atoms with Gasteiger partial charge < -0.3 is 39.0 Å². The van der Waals surface area contributed by atoms with E-state index in [0.717, 1.165) is 147 Å². The Morgan fingerprint density at radius 2 is 0.987 bits per heavy atom. The summed E-state index contributed by atoms with van der Waals surface area (Å²) in [6.07, 6.45) is 3.57. The van der Waals surface area contributed by atoms with E-state index in [9.17, 15) is 19.2 Å². The van der Waals surface area contributed by atoms with E-state index in [2.05, 4.69) is 108 Å². The number of nitrogens with zero attached hydrogens (tertiary/aromatic N) is 9. The van der Waals surface area contributed by atoms with Crippen LogP contribution in [0.2, 0.25) is 0 Å². The molecule has 10 rings (SSSR count). The van der Waals surface area contributed by atoms with Gasteiger partial charge in [-0.2, -0.15) is 10.2 Å². The molecule has 0 spiro atoms. The summed E-state index contributed by atoms with van der Waals surface area (Å²) in [5.41, 5.74) is 10.4. The van der Waals surface area contributed by atoms with Gasteiger partial charge in [0.2, 0.25) is 11.1 Å². The Bertz CT molecular complexity index is 2980. The second-order valence-corrected chi connectivity index (χ2v) is 20.9. The number of benzene rings is 2. The van der Waals surface area contributed by atoms with Crippen LogP contribution >= 0.6 is 11.6 Å². The first-order chi connectivity index (χ1) is 37.2. The molecule has 4 aliphatic rings. The highest BCUT2D eigenvalue weighted by Crippen LogP contribution is 2.40. The third-order valence-corrected chi connectivity index (χ3v) is 14.5. The second-order valence-electron chi connectivity index (χ2n) is 20.4. The van der Waals surface area contributed by atoms with Gasteiger partial charge in [0.1, 0.15) is 0 Å². The van der Waals surface area contributed by atoms with Gasteiger partial charge in [0.25, 0.3) is 0 Å². The van der Waals surface area contributed by atoms with Gasteiger partial charge in [-0.1, -0.05) is 52.0 Å². The number of anilines is 2. The maximum Gasteiger partial charge on any atom is 0.357 e. The number of likely N-dealkylation sites (tertiary alicyclic amines) is 1. The number of aromatic nitrogens is 6. The van der Waals surface area contributed by atoms with Crippen LogP contribution in [-0.2, 0) is 28.5 Å². The Labute approximate surface area is 456 Å². The lowest BCUT2D eigenvalue weighted by Crippen LogP contribution is -2.38. The molecular weight excluding hydrogens is 1000 g/mol. The predicted octanol–water partition coefficient (Wildman–Crippen LogP) is 9.35. The van der Waals surface area contributed by atoms with Gasteiger partial charge in [0.15, 0.2) is 22.7 Å². The average Bonchev–Trinajstić information content (AvgIpc) is 4.04. The largest absolute Gasteiger partial charge is 0.461 e. The maximum atomic E-state index is 12.9. The summed E-state index contributed by atoms with van der Waals surface area (Å²) in [6.45, 7) is 25.5. The molecule has 4 fully saturated rings. The molecule has 8 heterocycles. The molecule has 6 aromatic rings. The predicted molar refractivity (Wildman–Crippen MR) is 300 cm³/mol. The maximum absolute atomic E-state index is 12.9. The van der Waals surface area contributed by atoms with E-state index < -0.39 is 11.9 Å². The standard InChI is InChI=1S/C29H37N5O4.C27H35N5O3.C2H3ClO/c1-5-38-29(36)25-18-24(21-6-8-22(9-7-21)33-14-16-37-17-15-33)26-27(19(2)3)31-34(28(26)30-25)23-10-12-32(13-11-23)20(4)35;1-4-35-27(33)23-17-22(19-5-7-20(8-6-19)31-13-15-34-16-14-31)24-25(18(2)3)30-32(26(24)29-23)21-9-11-28-12-10-21;1-2(3)4/h6-9,18-19,23H,5,10-17H2,1-4H3;5-8,17-18,21,28H,4,9-16H2,1-3H3;1H3. The highest BCUT2D eigenvalue weighted by Gasteiger charge is 2.30. The summed E-state index contributed by atoms with van der Waals surface area (Å²) in [6, 6.07) is 21.2. The molecule has 1 amide bonds. The van der Waals surface area contributed by atoms with E-state index in [0.29, 0.717) is 31.0 Å². The van der Waals surface area contributed by atoms with E-state index in [1.807, 2.05) is 28.6 Å². The SMILES string of the molecule is CC(=O)Cl.CCOC(=O)c1cc(-c2ccc(N3CCOCC3)cc2)c2c(C(C)C)nn(C3CCN(C(C)=O)CC3)c2n1.CCOC(=O)c1cc(-c2ccc(N3CCOCC3)cc2)c2c(C(C)C)nn(C3CCNCC3)c2n1. The number of morpholine rings is 2. The van der Waals surface area contributed by atoms with E-state index in [-0.39, 0.29) is 47.4 Å². The Hall–Kier alpha value is -6.47. The normalized spacial score (nSPS) is 16.5. The number of halogens is 1. The minimum Gasteiger partial charge on any atom is -0.461 e. The van der Waals surface area contributed by atoms with Gasteiger partial charge in [-0.3, -0.25) is 9.59 Å². The van der Waals surface area contributed by atoms with Crippen molar-refractivity contribution in [3.63, 3.8) is 0 Å². The van der Waals surface area contributed by atoms with Crippen molar-refractivity contribution in [2.24, 2.45) is 0 Å². The van der Waals surface area contributed by atoms with Crippen molar-refractivity contribution in [3.8, 4) is 22.3 Å². The molecule has 1 N–H and O–H groups in total. The first kappa shape index (κ1) is 56.7. The zero-order valence-electron chi connectivity index (χ0n) is 46.0. The fourth-order valence-electron chi connectivity index (χ4n) is 10.5. The monoisotopic (exact) mass is 1070 g/mol. The van der Waals surface area contributed by atoms with E-state index in [1.165, 1.54) is 12.6 Å². The lowest BCUT2D eigenvalue weighted by atomic mass is 9.97. The highest BCUT2D eigenvalue weighted by molar-refractivity contribution is 6.62. The molecule has 412 valence electrons. The molecule has 19 heteroatoms. The average molecular weight is 1080 g/mol. The van der Waals surface area contributed by atoms with Crippen LogP contribution in [0.15, 0.2) is 60.7 Å². The van der Waals surface area contributed by atoms with Crippen molar-refractivity contribution < 1.29 is 38.1 Å². The highest BCUT2D eigenvalue weighted by atomic mass is 35.5. The Morgan fingerprint density at radius 3 is 1.34 bits per heavy atom. The molecule has 4 saturated heterocycles. The number of nitrogens with one attached hydrogen (secondary N) is 1. The molecule has 0 radical (unpaired) electrons. The van der Waals surface area contributed by atoms with Crippen molar-refractivity contribution in [1.29, 1.82) is 0 Å². The number of rotatable bonds is 12. The van der Waals surface area contributed by atoms with E-state index in [4.69, 9.17) is 39.1 Å². The van der Waals surface area contributed by atoms with Gasteiger partial charge in [0.05, 0.1) is 73.9 Å². The Morgan fingerprint density at radius 1 is 0.610 bits per heavy atom. The molecule has 18 nitrogen and oxygen atoms in total. The molecule has 0 saturated carbocycles. The van der Waals surface area contributed by atoms with Gasteiger partial charge in [-0.05, 0) is 135 Å². The minimum atomic E-state index is -0.439. The lowest BCUT2D eigenvalue weighted by Gasteiger charge is -2.31. The van der Waals surface area contributed by atoms with Crippen LogP contribution in [0.3, 0.4) is 0 Å². The van der Waals surface area contributed by atoms with Gasteiger partial charge in [-0.15, -0.1) is 0 Å². The van der Waals surface area contributed by atoms with Crippen LogP contribution in [0.5, 0.6) is 0 Å². The van der Waals surface area contributed by atoms with Crippen molar-refractivity contribution in [2.75, 3.05) is 102 Å². The topological polar surface area (TPSA) is 188 Å². The van der Waals surface area contributed by atoms with Crippen molar-refractivity contribution in [3.05, 3.63) is 83.4 Å². The number of esters is 2. The molecule has 77 heavy (non-hydrogen) atoms. The fourth-order valence-corrected chi connectivity index (χ4v) is 10.5. The first-order valence-corrected chi connectivity index (χ1v) is 27.7. The molecule has 0 atom stereocenters. The van der Waals surface area contributed by atoms with Crippen molar-refractivity contribution in [1.82, 2.24) is 39.7 Å². The molecule has 0 unspecified atom stereocenters. The molecule has 2 aromatic carbocycles.